The number of methoxy groups -OCH3 is 2. The second-order valence-corrected chi connectivity index (χ2v) is 10.6. The van der Waals surface area contributed by atoms with E-state index in [-0.39, 0.29) is 24.5 Å². The number of hydrogen-bond acceptors (Lipinski definition) is 8. The highest BCUT2D eigenvalue weighted by atomic mass is 16.5. The summed E-state index contributed by atoms with van der Waals surface area (Å²) in [5, 5.41) is 28.2. The van der Waals surface area contributed by atoms with E-state index in [1.807, 2.05) is 6.92 Å². The molecule has 2 aromatic carbocycles. The molecular weight excluding hydrogens is 551 g/mol. The fourth-order valence-electron chi connectivity index (χ4n) is 4.35. The van der Waals surface area contributed by atoms with Crippen molar-refractivity contribution in [3.63, 3.8) is 0 Å². The number of carbonyl (C=O) groups is 3. The number of nitrogens with zero attached hydrogens (tertiary/aromatic N) is 1. The molecule has 0 bridgehead atoms. The molecule has 43 heavy (non-hydrogen) atoms. The van der Waals surface area contributed by atoms with Crippen molar-refractivity contribution in [3.05, 3.63) is 89.2 Å². The maximum atomic E-state index is 13.6. The number of aromatic nitrogens is 1. The highest BCUT2D eigenvalue weighted by Gasteiger charge is 2.33. The highest BCUT2D eigenvalue weighted by molar-refractivity contribution is 6.43. The Morgan fingerprint density at radius 2 is 1.35 bits per heavy atom. The van der Waals surface area contributed by atoms with Gasteiger partial charge in [0.15, 0.2) is 0 Å². The summed E-state index contributed by atoms with van der Waals surface area (Å²) in [6.45, 7) is 5.36. The minimum Gasteiger partial charge on any atom is -0.497 e. The Labute approximate surface area is 252 Å². The standard InChI is InChI=1S/C31H39BN4O7/c1-19(2)28(31(39)35-27(32(40)41)17-22-9-13-24(43-5)14-10-22)36-30(38)26(16-21-7-11-23(42-4)12-8-21)34-29(37)25-15-6-20(3)18-33-25/h6-15,18-19,26-28,40-41H,16-17H2,1-5H3,(H,34,37)(H,35,39)(H,36,38)/t26-,27-,28-/m0/s1. The second kappa shape index (κ2) is 15.7. The molecule has 1 aromatic heterocycles. The third-order valence-electron chi connectivity index (χ3n) is 6.91. The normalized spacial score (nSPS) is 12.9. The van der Waals surface area contributed by atoms with Crippen molar-refractivity contribution >= 4 is 24.8 Å². The van der Waals surface area contributed by atoms with Crippen LogP contribution in [0.2, 0.25) is 0 Å². The zero-order valence-corrected chi connectivity index (χ0v) is 25.0. The van der Waals surface area contributed by atoms with Crippen LogP contribution >= 0.6 is 0 Å². The van der Waals surface area contributed by atoms with Crippen molar-refractivity contribution in [2.24, 2.45) is 5.92 Å². The van der Waals surface area contributed by atoms with E-state index in [1.165, 1.54) is 0 Å². The van der Waals surface area contributed by atoms with Crippen LogP contribution in [-0.4, -0.2) is 72.1 Å². The number of pyridine rings is 1. The summed E-state index contributed by atoms with van der Waals surface area (Å²) >= 11 is 0. The van der Waals surface area contributed by atoms with Gasteiger partial charge < -0.3 is 35.5 Å². The summed E-state index contributed by atoms with van der Waals surface area (Å²) in [7, 11) is 1.25. The Morgan fingerprint density at radius 3 is 1.81 bits per heavy atom. The molecule has 3 aromatic rings. The van der Waals surface area contributed by atoms with Gasteiger partial charge >= 0.3 is 7.12 Å². The molecule has 228 valence electrons. The van der Waals surface area contributed by atoms with Gasteiger partial charge in [-0.05, 0) is 66.3 Å². The quantitative estimate of drug-likeness (QED) is 0.177. The molecule has 0 aliphatic heterocycles. The summed E-state index contributed by atoms with van der Waals surface area (Å²) in [5.41, 5.74) is 2.53. The summed E-state index contributed by atoms with van der Waals surface area (Å²) in [6, 6.07) is 15.3. The molecule has 0 aliphatic carbocycles. The molecule has 0 saturated heterocycles. The lowest BCUT2D eigenvalue weighted by Gasteiger charge is -2.27. The molecule has 0 fully saturated rings. The zero-order valence-electron chi connectivity index (χ0n) is 25.0. The first-order chi connectivity index (χ1) is 20.5. The van der Waals surface area contributed by atoms with Crippen molar-refractivity contribution in [3.8, 4) is 11.5 Å². The minimum absolute atomic E-state index is 0.131. The lowest BCUT2D eigenvalue weighted by Crippen LogP contribution is -2.59. The van der Waals surface area contributed by atoms with Gasteiger partial charge in [0.25, 0.3) is 5.91 Å². The number of benzene rings is 2. The van der Waals surface area contributed by atoms with Crippen LogP contribution in [0.1, 0.15) is 41.0 Å². The van der Waals surface area contributed by atoms with Crippen molar-refractivity contribution in [1.82, 2.24) is 20.9 Å². The largest absolute Gasteiger partial charge is 0.497 e. The van der Waals surface area contributed by atoms with Gasteiger partial charge in [-0.2, -0.15) is 0 Å². The van der Waals surface area contributed by atoms with E-state index < -0.39 is 42.9 Å². The number of hydrogen-bond donors (Lipinski definition) is 5. The van der Waals surface area contributed by atoms with Crippen LogP contribution in [0.25, 0.3) is 0 Å². The van der Waals surface area contributed by atoms with Gasteiger partial charge in [0.05, 0.1) is 20.2 Å². The van der Waals surface area contributed by atoms with E-state index in [0.717, 1.165) is 16.7 Å². The summed E-state index contributed by atoms with van der Waals surface area (Å²) in [5.74, 6) is -1.83. The molecule has 0 aliphatic rings. The first-order valence-electron chi connectivity index (χ1n) is 14.0. The highest BCUT2D eigenvalue weighted by Crippen LogP contribution is 2.15. The zero-order chi connectivity index (χ0) is 31.5. The number of amides is 3. The van der Waals surface area contributed by atoms with Crippen molar-refractivity contribution < 1.29 is 33.9 Å². The topological polar surface area (TPSA) is 159 Å². The molecular formula is C31H39BN4O7. The number of aryl methyl sites for hydroxylation is 1. The van der Waals surface area contributed by atoms with E-state index >= 15 is 0 Å². The molecule has 0 unspecified atom stereocenters. The lowest BCUT2D eigenvalue weighted by molar-refractivity contribution is -0.131. The maximum Gasteiger partial charge on any atom is 0.475 e. The van der Waals surface area contributed by atoms with Gasteiger partial charge in [-0.15, -0.1) is 0 Å². The average molecular weight is 590 g/mol. The third-order valence-corrected chi connectivity index (χ3v) is 6.91. The van der Waals surface area contributed by atoms with Crippen LogP contribution in [0.5, 0.6) is 11.5 Å². The molecule has 3 rings (SSSR count). The average Bonchev–Trinajstić information content (AvgIpc) is 2.99. The van der Waals surface area contributed by atoms with Gasteiger partial charge in [-0.25, -0.2) is 0 Å². The maximum absolute atomic E-state index is 13.6. The summed E-state index contributed by atoms with van der Waals surface area (Å²) in [6.07, 6.45) is 1.83. The molecule has 0 radical (unpaired) electrons. The Bertz CT molecular complexity index is 1350. The first-order valence-corrected chi connectivity index (χ1v) is 14.0. The molecule has 1 heterocycles. The monoisotopic (exact) mass is 590 g/mol. The van der Waals surface area contributed by atoms with Crippen LogP contribution in [-0.2, 0) is 22.4 Å². The molecule has 0 saturated carbocycles. The predicted octanol–water partition coefficient (Wildman–Crippen LogP) is 1.63. The fraction of sp³-hybridized carbons (Fsp3) is 0.355. The molecule has 3 amide bonds. The Balaban J connectivity index is 1.78. The lowest BCUT2D eigenvalue weighted by atomic mass is 9.75. The van der Waals surface area contributed by atoms with E-state index in [0.29, 0.717) is 11.5 Å². The fourth-order valence-corrected chi connectivity index (χ4v) is 4.35. The molecule has 3 atom stereocenters. The number of rotatable bonds is 14. The number of ether oxygens (including phenoxy) is 2. The van der Waals surface area contributed by atoms with E-state index in [9.17, 15) is 24.4 Å². The van der Waals surface area contributed by atoms with E-state index in [1.54, 1.807) is 94.9 Å². The van der Waals surface area contributed by atoms with Crippen molar-refractivity contribution in [2.45, 2.75) is 51.6 Å². The van der Waals surface area contributed by atoms with E-state index in [4.69, 9.17) is 9.47 Å². The Hall–Kier alpha value is -4.42. The molecule has 5 N–H and O–H groups in total. The van der Waals surface area contributed by atoms with Crippen LogP contribution in [0.15, 0.2) is 66.9 Å². The Morgan fingerprint density at radius 1 is 0.791 bits per heavy atom. The summed E-state index contributed by atoms with van der Waals surface area (Å²) < 4.78 is 10.4. The molecule has 12 heteroatoms. The van der Waals surface area contributed by atoms with E-state index in [2.05, 4.69) is 20.9 Å². The van der Waals surface area contributed by atoms with Gasteiger partial charge in [-0.1, -0.05) is 44.2 Å². The smallest absolute Gasteiger partial charge is 0.475 e. The van der Waals surface area contributed by atoms with Crippen LogP contribution < -0.4 is 25.4 Å². The number of carbonyl (C=O) groups excluding carboxylic acids is 3. The predicted molar refractivity (Wildman–Crippen MR) is 163 cm³/mol. The van der Waals surface area contributed by atoms with Gasteiger partial charge in [0.1, 0.15) is 29.3 Å². The van der Waals surface area contributed by atoms with Crippen LogP contribution in [0.3, 0.4) is 0 Å². The van der Waals surface area contributed by atoms with Gasteiger partial charge in [-0.3, -0.25) is 19.4 Å². The van der Waals surface area contributed by atoms with Crippen LogP contribution in [0, 0.1) is 12.8 Å². The summed E-state index contributed by atoms with van der Waals surface area (Å²) in [4.78, 5) is 44.2. The van der Waals surface area contributed by atoms with Crippen LogP contribution in [0.4, 0.5) is 0 Å². The molecule has 0 spiro atoms. The number of nitrogens with one attached hydrogen (secondary N) is 3. The molecule has 11 nitrogen and oxygen atoms in total. The van der Waals surface area contributed by atoms with Gasteiger partial charge in [0, 0.05) is 12.6 Å². The second-order valence-electron chi connectivity index (χ2n) is 10.6. The Kier molecular flexibility index (Phi) is 12.1. The third kappa shape index (κ3) is 9.83. The van der Waals surface area contributed by atoms with Crippen molar-refractivity contribution in [1.29, 1.82) is 0 Å². The first kappa shape index (κ1) is 33.1. The SMILES string of the molecule is COc1ccc(C[C@H](NC(=O)[C@@H](NC(=O)[C@H](Cc2ccc(OC)cc2)NC(=O)c2ccc(C)cn2)C(C)C)B(O)O)cc1. The van der Waals surface area contributed by atoms with Gasteiger partial charge in [0.2, 0.25) is 11.8 Å². The van der Waals surface area contributed by atoms with Crippen molar-refractivity contribution in [2.75, 3.05) is 14.2 Å². The minimum atomic E-state index is -1.85.